The summed E-state index contributed by atoms with van der Waals surface area (Å²) in [6.45, 7) is 2.07. The molecule has 2 aromatic heterocycles. The molecule has 0 aliphatic rings. The van der Waals surface area contributed by atoms with Crippen molar-refractivity contribution >= 4 is 0 Å². The van der Waals surface area contributed by atoms with Crippen LogP contribution in [0.2, 0.25) is 0 Å². The van der Waals surface area contributed by atoms with Gasteiger partial charge in [0.1, 0.15) is 6.33 Å². The third kappa shape index (κ3) is 2.16. The summed E-state index contributed by atoms with van der Waals surface area (Å²) in [6.07, 6.45) is 4.23. The first kappa shape index (κ1) is 10.5. The normalized spacial score (nSPS) is 10.1. The van der Waals surface area contributed by atoms with E-state index in [2.05, 4.69) is 21.9 Å². The number of aryl methyl sites for hydroxylation is 1. The van der Waals surface area contributed by atoms with E-state index in [1.807, 2.05) is 18.2 Å². The second-order valence-corrected chi connectivity index (χ2v) is 3.34. The topological polar surface area (TPSA) is 47.9 Å². The summed E-state index contributed by atoms with van der Waals surface area (Å²) in [7, 11) is 1.60. The Morgan fingerprint density at radius 1 is 1.19 bits per heavy atom. The maximum atomic E-state index is 5.01. The highest BCUT2D eigenvalue weighted by Crippen LogP contribution is 2.18. The number of pyridine rings is 1. The predicted molar refractivity (Wildman–Crippen MR) is 61.2 cm³/mol. The van der Waals surface area contributed by atoms with Crippen LogP contribution in [0.4, 0.5) is 0 Å². The van der Waals surface area contributed by atoms with Crippen molar-refractivity contribution in [3.63, 3.8) is 0 Å². The summed E-state index contributed by atoms with van der Waals surface area (Å²) in [6, 6.07) is 5.74. The van der Waals surface area contributed by atoms with E-state index < -0.39 is 0 Å². The molecule has 0 aliphatic heterocycles. The molecule has 0 bridgehead atoms. The molecule has 2 aromatic rings. The molecule has 0 fully saturated rings. The monoisotopic (exact) mass is 215 g/mol. The zero-order valence-electron chi connectivity index (χ0n) is 9.34. The maximum Gasteiger partial charge on any atom is 0.212 e. The fourth-order valence-corrected chi connectivity index (χ4v) is 1.40. The summed E-state index contributed by atoms with van der Waals surface area (Å²) in [4.78, 5) is 12.5. The average Bonchev–Trinajstić information content (AvgIpc) is 2.39. The number of hydrogen-bond donors (Lipinski definition) is 0. The number of rotatable bonds is 3. The fourth-order valence-electron chi connectivity index (χ4n) is 1.40. The van der Waals surface area contributed by atoms with Crippen molar-refractivity contribution in [3.05, 3.63) is 36.4 Å². The van der Waals surface area contributed by atoms with Gasteiger partial charge in [0.2, 0.25) is 5.88 Å². The molecule has 4 heteroatoms. The SMILES string of the molecule is CCc1cc(-c2ccc(OC)nc2)ncn1. The highest BCUT2D eigenvalue weighted by Gasteiger charge is 2.02. The van der Waals surface area contributed by atoms with Gasteiger partial charge in [0.15, 0.2) is 0 Å². The van der Waals surface area contributed by atoms with Crippen LogP contribution in [-0.2, 0) is 6.42 Å². The highest BCUT2D eigenvalue weighted by molar-refractivity contribution is 5.58. The minimum absolute atomic E-state index is 0.605. The Morgan fingerprint density at radius 3 is 2.69 bits per heavy atom. The number of methoxy groups -OCH3 is 1. The van der Waals surface area contributed by atoms with Crippen molar-refractivity contribution in [2.45, 2.75) is 13.3 Å². The molecule has 0 amide bonds. The first-order chi connectivity index (χ1) is 7.83. The van der Waals surface area contributed by atoms with Gasteiger partial charge >= 0.3 is 0 Å². The molecule has 0 radical (unpaired) electrons. The Bertz CT molecular complexity index is 468. The average molecular weight is 215 g/mol. The molecule has 4 nitrogen and oxygen atoms in total. The molecule has 0 saturated heterocycles. The van der Waals surface area contributed by atoms with E-state index in [1.165, 1.54) is 0 Å². The minimum Gasteiger partial charge on any atom is -0.481 e. The molecule has 2 heterocycles. The lowest BCUT2D eigenvalue weighted by atomic mass is 10.2. The fraction of sp³-hybridized carbons (Fsp3) is 0.250. The minimum atomic E-state index is 0.605. The number of hydrogen-bond acceptors (Lipinski definition) is 4. The van der Waals surface area contributed by atoms with Gasteiger partial charge in [0.25, 0.3) is 0 Å². The standard InChI is InChI=1S/C12H13N3O/c1-3-10-6-11(15-8-14-10)9-4-5-12(16-2)13-7-9/h4-8H,3H2,1-2H3. The molecule has 0 N–H and O–H groups in total. The molecule has 0 atom stereocenters. The molecular formula is C12H13N3O. The Balaban J connectivity index is 2.34. The third-order valence-electron chi connectivity index (χ3n) is 2.33. The largest absolute Gasteiger partial charge is 0.481 e. The van der Waals surface area contributed by atoms with Gasteiger partial charge < -0.3 is 4.74 Å². The van der Waals surface area contributed by atoms with Crippen LogP contribution in [0, 0.1) is 0 Å². The van der Waals surface area contributed by atoms with Gasteiger partial charge in [-0.2, -0.15) is 0 Å². The molecule has 0 aromatic carbocycles. The van der Waals surface area contributed by atoms with Gasteiger partial charge in [-0.05, 0) is 18.6 Å². The summed E-state index contributed by atoms with van der Waals surface area (Å²) >= 11 is 0. The maximum absolute atomic E-state index is 5.01. The van der Waals surface area contributed by atoms with Crippen LogP contribution in [0.1, 0.15) is 12.6 Å². The number of ether oxygens (including phenoxy) is 1. The Morgan fingerprint density at radius 2 is 2.06 bits per heavy atom. The quantitative estimate of drug-likeness (QED) is 0.786. The molecule has 0 aliphatic carbocycles. The van der Waals surface area contributed by atoms with Crippen molar-refractivity contribution in [3.8, 4) is 17.1 Å². The number of aromatic nitrogens is 3. The van der Waals surface area contributed by atoms with Crippen LogP contribution in [0.3, 0.4) is 0 Å². The Hall–Kier alpha value is -1.97. The molecule has 82 valence electrons. The lowest BCUT2D eigenvalue weighted by molar-refractivity contribution is 0.398. The van der Waals surface area contributed by atoms with Crippen LogP contribution in [0.15, 0.2) is 30.7 Å². The van der Waals surface area contributed by atoms with E-state index in [4.69, 9.17) is 4.74 Å². The van der Waals surface area contributed by atoms with Crippen molar-refractivity contribution in [1.29, 1.82) is 0 Å². The summed E-state index contributed by atoms with van der Waals surface area (Å²) in [5.41, 5.74) is 2.89. The summed E-state index contributed by atoms with van der Waals surface area (Å²) in [5, 5.41) is 0. The lowest BCUT2D eigenvalue weighted by Crippen LogP contribution is -1.92. The predicted octanol–water partition coefficient (Wildman–Crippen LogP) is 2.11. The van der Waals surface area contributed by atoms with Crippen LogP contribution in [-0.4, -0.2) is 22.1 Å². The van der Waals surface area contributed by atoms with E-state index in [0.717, 1.165) is 23.4 Å². The molecule has 0 unspecified atom stereocenters. The summed E-state index contributed by atoms with van der Waals surface area (Å²) in [5.74, 6) is 0.605. The number of nitrogens with zero attached hydrogens (tertiary/aromatic N) is 3. The second-order valence-electron chi connectivity index (χ2n) is 3.34. The van der Waals surface area contributed by atoms with Gasteiger partial charge in [-0.1, -0.05) is 6.92 Å². The highest BCUT2D eigenvalue weighted by atomic mass is 16.5. The van der Waals surface area contributed by atoms with Gasteiger partial charge in [-0.15, -0.1) is 0 Å². The first-order valence-corrected chi connectivity index (χ1v) is 5.15. The van der Waals surface area contributed by atoms with Crippen molar-refractivity contribution in [2.24, 2.45) is 0 Å². The van der Waals surface area contributed by atoms with E-state index in [1.54, 1.807) is 19.6 Å². The Kier molecular flexibility index (Phi) is 3.10. The van der Waals surface area contributed by atoms with E-state index in [-0.39, 0.29) is 0 Å². The third-order valence-corrected chi connectivity index (χ3v) is 2.33. The molecule has 0 spiro atoms. The van der Waals surface area contributed by atoms with Crippen LogP contribution in [0.25, 0.3) is 11.3 Å². The van der Waals surface area contributed by atoms with Crippen molar-refractivity contribution in [2.75, 3.05) is 7.11 Å². The first-order valence-electron chi connectivity index (χ1n) is 5.15. The van der Waals surface area contributed by atoms with Gasteiger partial charge in [-0.25, -0.2) is 15.0 Å². The van der Waals surface area contributed by atoms with Gasteiger partial charge in [-0.3, -0.25) is 0 Å². The second kappa shape index (κ2) is 4.70. The summed E-state index contributed by atoms with van der Waals surface area (Å²) < 4.78 is 5.01. The van der Waals surface area contributed by atoms with E-state index in [0.29, 0.717) is 5.88 Å². The van der Waals surface area contributed by atoms with Crippen molar-refractivity contribution < 1.29 is 4.74 Å². The van der Waals surface area contributed by atoms with Crippen LogP contribution >= 0.6 is 0 Å². The zero-order valence-corrected chi connectivity index (χ0v) is 9.34. The van der Waals surface area contributed by atoms with E-state index >= 15 is 0 Å². The van der Waals surface area contributed by atoms with Gasteiger partial charge in [0.05, 0.1) is 12.8 Å². The molecule has 0 saturated carbocycles. The van der Waals surface area contributed by atoms with Gasteiger partial charge in [0, 0.05) is 23.5 Å². The molecule has 2 rings (SSSR count). The van der Waals surface area contributed by atoms with Crippen LogP contribution < -0.4 is 4.74 Å². The smallest absolute Gasteiger partial charge is 0.212 e. The molecular weight excluding hydrogens is 202 g/mol. The zero-order chi connectivity index (χ0) is 11.4. The molecule has 16 heavy (non-hydrogen) atoms. The van der Waals surface area contributed by atoms with Crippen molar-refractivity contribution in [1.82, 2.24) is 15.0 Å². The van der Waals surface area contributed by atoms with Crippen LogP contribution in [0.5, 0.6) is 5.88 Å². The van der Waals surface area contributed by atoms with E-state index in [9.17, 15) is 0 Å². The Labute approximate surface area is 94.4 Å². The lowest BCUT2D eigenvalue weighted by Gasteiger charge is -2.03.